The number of rotatable bonds is 4. The summed E-state index contributed by atoms with van der Waals surface area (Å²) in [6, 6.07) is 0.272. The monoisotopic (exact) mass is 279 g/mol. The fourth-order valence-electron chi connectivity index (χ4n) is 5.21. The van der Waals surface area contributed by atoms with Gasteiger partial charge in [-0.05, 0) is 56.9 Å². The predicted octanol–water partition coefficient (Wildman–Crippen LogP) is 3.39. The summed E-state index contributed by atoms with van der Waals surface area (Å²) in [5.41, 5.74) is 0. The molecule has 0 aromatic rings. The maximum absolute atomic E-state index is 11.6. The van der Waals surface area contributed by atoms with Crippen LogP contribution in [0, 0.1) is 23.7 Å². The van der Waals surface area contributed by atoms with Gasteiger partial charge in [-0.25, -0.2) is 0 Å². The average Bonchev–Trinajstić information content (AvgIpc) is 2.92. The molecule has 0 saturated heterocycles. The SMILES string of the molecule is CN(CC1CC2CCC1C2)C1CCCCCC1C(=O)O. The summed E-state index contributed by atoms with van der Waals surface area (Å²) in [5.74, 6) is 2.06. The van der Waals surface area contributed by atoms with Crippen molar-refractivity contribution in [1.82, 2.24) is 4.90 Å². The minimum Gasteiger partial charge on any atom is -0.481 e. The predicted molar refractivity (Wildman–Crippen MR) is 79.6 cm³/mol. The molecule has 3 rings (SSSR count). The van der Waals surface area contributed by atoms with E-state index >= 15 is 0 Å². The Labute approximate surface area is 122 Å². The van der Waals surface area contributed by atoms with Crippen LogP contribution < -0.4 is 0 Å². The summed E-state index contributed by atoms with van der Waals surface area (Å²) in [7, 11) is 2.18. The average molecular weight is 279 g/mol. The summed E-state index contributed by atoms with van der Waals surface area (Å²) in [5, 5.41) is 9.52. The highest BCUT2D eigenvalue weighted by atomic mass is 16.4. The van der Waals surface area contributed by atoms with Crippen molar-refractivity contribution >= 4 is 5.97 Å². The summed E-state index contributed by atoms with van der Waals surface area (Å²) in [6.07, 6.45) is 11.2. The molecule has 3 heteroatoms. The van der Waals surface area contributed by atoms with Gasteiger partial charge in [-0.3, -0.25) is 4.79 Å². The molecule has 3 saturated carbocycles. The van der Waals surface area contributed by atoms with Crippen LogP contribution in [0.15, 0.2) is 0 Å². The van der Waals surface area contributed by atoms with Crippen LogP contribution in [0.2, 0.25) is 0 Å². The standard InChI is InChI=1S/C17H29NO2/c1-18(11-14-10-12-7-8-13(14)9-12)16-6-4-2-3-5-15(16)17(19)20/h12-16H,2-11H2,1H3,(H,19,20). The Bertz CT molecular complexity index is 357. The van der Waals surface area contributed by atoms with Gasteiger partial charge in [-0.2, -0.15) is 0 Å². The first kappa shape index (κ1) is 14.4. The first-order valence-electron chi connectivity index (χ1n) is 8.58. The van der Waals surface area contributed by atoms with Gasteiger partial charge in [0.15, 0.2) is 0 Å². The quantitative estimate of drug-likeness (QED) is 0.802. The molecule has 114 valence electrons. The first-order valence-corrected chi connectivity index (χ1v) is 8.58. The van der Waals surface area contributed by atoms with Gasteiger partial charge in [0.05, 0.1) is 5.92 Å². The second kappa shape index (κ2) is 6.05. The highest BCUT2D eigenvalue weighted by molar-refractivity contribution is 5.70. The molecule has 20 heavy (non-hydrogen) atoms. The van der Waals surface area contributed by atoms with Crippen molar-refractivity contribution in [3.05, 3.63) is 0 Å². The largest absolute Gasteiger partial charge is 0.481 e. The molecule has 5 unspecified atom stereocenters. The molecule has 3 fully saturated rings. The van der Waals surface area contributed by atoms with Crippen LogP contribution in [0.4, 0.5) is 0 Å². The van der Waals surface area contributed by atoms with Crippen molar-refractivity contribution in [3.8, 4) is 0 Å². The van der Waals surface area contributed by atoms with Crippen LogP contribution in [-0.4, -0.2) is 35.6 Å². The lowest BCUT2D eigenvalue weighted by atomic mass is 9.87. The van der Waals surface area contributed by atoms with E-state index in [9.17, 15) is 9.90 Å². The number of hydrogen-bond acceptors (Lipinski definition) is 2. The smallest absolute Gasteiger partial charge is 0.308 e. The molecule has 0 amide bonds. The van der Waals surface area contributed by atoms with Gasteiger partial charge in [0.2, 0.25) is 0 Å². The van der Waals surface area contributed by atoms with E-state index in [1.165, 1.54) is 38.5 Å². The van der Waals surface area contributed by atoms with Gasteiger partial charge in [-0.1, -0.05) is 25.7 Å². The molecule has 2 bridgehead atoms. The van der Waals surface area contributed by atoms with E-state index in [0.29, 0.717) is 0 Å². The zero-order valence-electron chi connectivity index (χ0n) is 12.8. The van der Waals surface area contributed by atoms with Crippen molar-refractivity contribution in [2.24, 2.45) is 23.7 Å². The van der Waals surface area contributed by atoms with Gasteiger partial charge in [0.1, 0.15) is 0 Å². The van der Waals surface area contributed by atoms with Crippen LogP contribution in [0.25, 0.3) is 0 Å². The third-order valence-corrected chi connectivity index (χ3v) is 6.27. The maximum atomic E-state index is 11.6. The summed E-state index contributed by atoms with van der Waals surface area (Å²) >= 11 is 0. The number of aliphatic carboxylic acids is 1. The van der Waals surface area contributed by atoms with Crippen molar-refractivity contribution in [1.29, 1.82) is 0 Å². The van der Waals surface area contributed by atoms with E-state index in [2.05, 4.69) is 11.9 Å². The molecule has 0 aromatic carbocycles. The van der Waals surface area contributed by atoms with Gasteiger partial charge in [0.25, 0.3) is 0 Å². The van der Waals surface area contributed by atoms with Gasteiger partial charge in [-0.15, -0.1) is 0 Å². The third kappa shape index (κ3) is 2.88. The van der Waals surface area contributed by atoms with E-state index in [-0.39, 0.29) is 12.0 Å². The van der Waals surface area contributed by atoms with Gasteiger partial charge < -0.3 is 10.0 Å². The van der Waals surface area contributed by atoms with Crippen molar-refractivity contribution in [3.63, 3.8) is 0 Å². The lowest BCUT2D eigenvalue weighted by Gasteiger charge is -2.35. The maximum Gasteiger partial charge on any atom is 0.308 e. The second-order valence-electron chi connectivity index (χ2n) is 7.52. The molecule has 3 nitrogen and oxygen atoms in total. The lowest BCUT2D eigenvalue weighted by molar-refractivity contribution is -0.144. The Kier molecular flexibility index (Phi) is 4.34. The minimum absolute atomic E-state index is 0.138. The number of carboxylic acid groups (broad SMARTS) is 1. The molecule has 1 N–H and O–H groups in total. The fraction of sp³-hybridized carbons (Fsp3) is 0.941. The first-order chi connectivity index (χ1) is 9.65. The second-order valence-corrected chi connectivity index (χ2v) is 7.52. The van der Waals surface area contributed by atoms with E-state index < -0.39 is 5.97 Å². The Morgan fingerprint density at radius 2 is 1.90 bits per heavy atom. The molecule has 0 spiro atoms. The molecule has 0 heterocycles. The zero-order valence-corrected chi connectivity index (χ0v) is 12.8. The van der Waals surface area contributed by atoms with Crippen LogP contribution in [0.5, 0.6) is 0 Å². The van der Waals surface area contributed by atoms with E-state index in [4.69, 9.17) is 0 Å². The van der Waals surface area contributed by atoms with Gasteiger partial charge in [0, 0.05) is 12.6 Å². The molecule has 3 aliphatic rings. The number of carboxylic acids is 1. The lowest BCUT2D eigenvalue weighted by Crippen LogP contribution is -2.43. The molecule has 0 radical (unpaired) electrons. The molecule has 5 atom stereocenters. The number of nitrogens with zero attached hydrogens (tertiary/aromatic N) is 1. The van der Waals surface area contributed by atoms with E-state index in [1.54, 1.807) is 0 Å². The number of carbonyl (C=O) groups is 1. The molecule has 3 aliphatic carbocycles. The van der Waals surface area contributed by atoms with Crippen LogP contribution >= 0.6 is 0 Å². The Balaban J connectivity index is 1.61. The third-order valence-electron chi connectivity index (χ3n) is 6.27. The zero-order chi connectivity index (χ0) is 14.1. The normalized spacial score (nSPS) is 41.0. The van der Waals surface area contributed by atoms with Crippen LogP contribution in [-0.2, 0) is 4.79 Å². The summed E-state index contributed by atoms with van der Waals surface area (Å²) in [4.78, 5) is 14.0. The highest BCUT2D eigenvalue weighted by Gasteiger charge is 2.41. The Morgan fingerprint density at radius 3 is 2.55 bits per heavy atom. The van der Waals surface area contributed by atoms with Crippen molar-refractivity contribution in [2.75, 3.05) is 13.6 Å². The van der Waals surface area contributed by atoms with Crippen molar-refractivity contribution < 1.29 is 9.90 Å². The molecule has 0 aromatic heterocycles. The van der Waals surface area contributed by atoms with Crippen LogP contribution in [0.3, 0.4) is 0 Å². The number of hydrogen-bond donors (Lipinski definition) is 1. The Morgan fingerprint density at radius 1 is 1.10 bits per heavy atom. The molecular weight excluding hydrogens is 250 g/mol. The van der Waals surface area contributed by atoms with Crippen LogP contribution in [0.1, 0.15) is 57.8 Å². The highest BCUT2D eigenvalue weighted by Crippen LogP contribution is 2.48. The number of fused-ring (bicyclic) bond motifs is 2. The minimum atomic E-state index is -0.573. The topological polar surface area (TPSA) is 40.5 Å². The van der Waals surface area contributed by atoms with Crippen molar-refractivity contribution in [2.45, 2.75) is 63.8 Å². The van der Waals surface area contributed by atoms with E-state index in [0.717, 1.165) is 43.6 Å². The fourth-order valence-corrected chi connectivity index (χ4v) is 5.21. The molecule has 0 aliphatic heterocycles. The summed E-state index contributed by atoms with van der Waals surface area (Å²) in [6.45, 7) is 1.13. The van der Waals surface area contributed by atoms with E-state index in [1.807, 2.05) is 0 Å². The summed E-state index contributed by atoms with van der Waals surface area (Å²) < 4.78 is 0. The Hall–Kier alpha value is -0.570. The molecular formula is C17H29NO2. The van der Waals surface area contributed by atoms with Gasteiger partial charge >= 0.3 is 5.97 Å².